The van der Waals surface area contributed by atoms with Gasteiger partial charge in [-0.15, -0.1) is 0 Å². The quantitative estimate of drug-likeness (QED) is 0.653. The van der Waals surface area contributed by atoms with Crippen molar-refractivity contribution >= 4 is 29.3 Å². The van der Waals surface area contributed by atoms with Crippen molar-refractivity contribution in [2.24, 2.45) is 0 Å². The van der Waals surface area contributed by atoms with Crippen LogP contribution in [0.5, 0.6) is 0 Å². The maximum atomic E-state index is 12.1. The molecule has 2 heterocycles. The van der Waals surface area contributed by atoms with E-state index in [1.54, 1.807) is 37.5 Å². The van der Waals surface area contributed by atoms with E-state index in [2.05, 4.69) is 20.3 Å². The lowest BCUT2D eigenvalue weighted by molar-refractivity contribution is 0.0963. The number of aryl methyl sites for hydroxylation is 1. The third-order valence-electron chi connectivity index (χ3n) is 3.89. The summed E-state index contributed by atoms with van der Waals surface area (Å²) in [6.07, 6.45) is 1.65. The third-order valence-corrected chi connectivity index (χ3v) is 4.22. The number of benzene rings is 1. The normalized spacial score (nSPS) is 10.6. The summed E-state index contributed by atoms with van der Waals surface area (Å²) >= 11 is 6.15. The van der Waals surface area contributed by atoms with Gasteiger partial charge in [0.05, 0.1) is 22.0 Å². The number of hydrogen-bond acceptors (Lipinski definition) is 6. The fourth-order valence-electron chi connectivity index (χ4n) is 2.68. The summed E-state index contributed by atoms with van der Waals surface area (Å²) in [5.41, 5.74) is 15.4. The monoisotopic (exact) mass is 368 g/mol. The van der Waals surface area contributed by atoms with Gasteiger partial charge in [-0.25, -0.2) is 15.0 Å². The van der Waals surface area contributed by atoms with Crippen molar-refractivity contribution in [2.45, 2.75) is 6.92 Å². The molecular weight excluding hydrogens is 352 g/mol. The summed E-state index contributed by atoms with van der Waals surface area (Å²) in [4.78, 5) is 24.8. The van der Waals surface area contributed by atoms with Crippen molar-refractivity contribution in [3.63, 3.8) is 0 Å². The Labute approximate surface area is 155 Å². The summed E-state index contributed by atoms with van der Waals surface area (Å²) in [5.74, 6) is 0.269. The van der Waals surface area contributed by atoms with Gasteiger partial charge in [0, 0.05) is 29.9 Å². The molecule has 1 amide bonds. The van der Waals surface area contributed by atoms with E-state index in [4.69, 9.17) is 23.1 Å². The van der Waals surface area contributed by atoms with Gasteiger partial charge in [0.15, 0.2) is 0 Å². The number of hydrogen-bond donors (Lipinski definition) is 3. The molecule has 7 nitrogen and oxygen atoms in total. The van der Waals surface area contributed by atoms with Crippen LogP contribution in [0.3, 0.4) is 0 Å². The minimum absolute atomic E-state index is 0.140. The number of nitrogens with two attached hydrogens (primary N) is 2. The molecule has 0 unspecified atom stereocenters. The van der Waals surface area contributed by atoms with Crippen molar-refractivity contribution in [1.82, 2.24) is 20.3 Å². The van der Waals surface area contributed by atoms with E-state index in [0.717, 1.165) is 11.1 Å². The number of rotatable bonds is 3. The Morgan fingerprint density at radius 2 is 1.85 bits per heavy atom. The van der Waals surface area contributed by atoms with Gasteiger partial charge in [-0.2, -0.15) is 0 Å². The summed E-state index contributed by atoms with van der Waals surface area (Å²) in [6, 6.07) is 8.65. The van der Waals surface area contributed by atoms with Gasteiger partial charge in [0.1, 0.15) is 5.82 Å². The van der Waals surface area contributed by atoms with Crippen LogP contribution in [0.25, 0.3) is 22.4 Å². The first-order valence-electron chi connectivity index (χ1n) is 7.78. The first-order valence-corrected chi connectivity index (χ1v) is 8.16. The molecule has 0 radical (unpaired) electrons. The number of nitrogen functional groups attached to an aromatic ring is 2. The number of halogens is 1. The zero-order chi connectivity index (χ0) is 18.8. The Morgan fingerprint density at radius 1 is 1.12 bits per heavy atom. The van der Waals surface area contributed by atoms with Gasteiger partial charge < -0.3 is 16.8 Å². The Morgan fingerprint density at radius 3 is 2.50 bits per heavy atom. The van der Waals surface area contributed by atoms with Crippen LogP contribution in [0.2, 0.25) is 5.02 Å². The molecule has 0 spiro atoms. The Hall–Kier alpha value is -3.19. The van der Waals surface area contributed by atoms with Crippen LogP contribution in [0.15, 0.2) is 36.5 Å². The van der Waals surface area contributed by atoms with Crippen molar-refractivity contribution < 1.29 is 4.79 Å². The topological polar surface area (TPSA) is 120 Å². The summed E-state index contributed by atoms with van der Waals surface area (Å²) in [5, 5.41) is 2.92. The highest BCUT2D eigenvalue weighted by molar-refractivity contribution is 6.34. The molecule has 0 atom stereocenters. The predicted molar refractivity (Wildman–Crippen MR) is 103 cm³/mol. The number of anilines is 2. The Bertz CT molecular complexity index is 988. The number of nitrogens with zero attached hydrogens (tertiary/aromatic N) is 3. The van der Waals surface area contributed by atoms with Crippen molar-refractivity contribution in [2.75, 3.05) is 18.5 Å². The number of amides is 1. The second-order valence-corrected chi connectivity index (χ2v) is 6.04. The summed E-state index contributed by atoms with van der Waals surface area (Å²) in [6.45, 7) is 1.84. The van der Waals surface area contributed by atoms with E-state index in [0.29, 0.717) is 33.4 Å². The molecule has 132 valence electrons. The van der Waals surface area contributed by atoms with Crippen LogP contribution in [-0.2, 0) is 0 Å². The number of pyridine rings is 1. The van der Waals surface area contributed by atoms with E-state index in [1.165, 1.54) is 0 Å². The molecule has 0 saturated heterocycles. The van der Waals surface area contributed by atoms with Crippen LogP contribution in [0.1, 0.15) is 16.1 Å². The van der Waals surface area contributed by atoms with E-state index < -0.39 is 0 Å². The molecule has 1 aromatic carbocycles. The molecule has 0 aliphatic rings. The maximum Gasteiger partial charge on any atom is 0.252 e. The largest absolute Gasteiger partial charge is 0.384 e. The van der Waals surface area contributed by atoms with Gasteiger partial charge in [-0.1, -0.05) is 17.7 Å². The molecule has 26 heavy (non-hydrogen) atoms. The van der Waals surface area contributed by atoms with Crippen molar-refractivity contribution in [3.8, 4) is 22.4 Å². The van der Waals surface area contributed by atoms with Crippen LogP contribution < -0.4 is 16.8 Å². The molecule has 3 aromatic rings. The van der Waals surface area contributed by atoms with Gasteiger partial charge in [0.2, 0.25) is 5.95 Å². The standard InChI is InChI=1S/C18H17ClN6O/c1-9-15(11-4-6-14(20)23-8-11)16(25-18(21)24-9)10-3-5-13(19)12(7-10)17(26)22-2/h3-8H,1-2H3,(H2,20,23)(H,22,26)(H2,21,24,25). The smallest absolute Gasteiger partial charge is 0.252 e. The van der Waals surface area contributed by atoms with Crippen LogP contribution in [-0.4, -0.2) is 27.9 Å². The van der Waals surface area contributed by atoms with Gasteiger partial charge in [-0.3, -0.25) is 4.79 Å². The molecule has 8 heteroatoms. The molecule has 0 fully saturated rings. The summed E-state index contributed by atoms with van der Waals surface area (Å²) < 4.78 is 0. The predicted octanol–water partition coefficient (Wildman–Crippen LogP) is 2.69. The zero-order valence-electron chi connectivity index (χ0n) is 14.2. The molecule has 2 aromatic heterocycles. The second-order valence-electron chi connectivity index (χ2n) is 5.64. The van der Waals surface area contributed by atoms with Gasteiger partial charge in [0.25, 0.3) is 5.91 Å². The molecule has 0 aliphatic carbocycles. The first-order chi connectivity index (χ1) is 12.4. The minimum Gasteiger partial charge on any atom is -0.384 e. The zero-order valence-corrected chi connectivity index (χ0v) is 15.0. The Kier molecular flexibility index (Phi) is 4.73. The lowest BCUT2D eigenvalue weighted by atomic mass is 9.98. The average Bonchev–Trinajstić information content (AvgIpc) is 2.62. The highest BCUT2D eigenvalue weighted by Crippen LogP contribution is 2.34. The average molecular weight is 369 g/mol. The molecule has 5 N–H and O–H groups in total. The van der Waals surface area contributed by atoms with Gasteiger partial charge in [-0.05, 0) is 31.2 Å². The molecule has 0 aliphatic heterocycles. The first kappa shape index (κ1) is 17.6. The molecule has 3 rings (SSSR count). The fourth-order valence-corrected chi connectivity index (χ4v) is 2.89. The second kappa shape index (κ2) is 6.97. The minimum atomic E-state index is -0.286. The van der Waals surface area contributed by atoms with E-state index in [-0.39, 0.29) is 11.9 Å². The van der Waals surface area contributed by atoms with Crippen LogP contribution >= 0.6 is 11.6 Å². The number of carbonyl (C=O) groups excluding carboxylic acids is 1. The van der Waals surface area contributed by atoms with Crippen LogP contribution in [0, 0.1) is 6.92 Å². The lowest BCUT2D eigenvalue weighted by Crippen LogP contribution is -2.18. The highest BCUT2D eigenvalue weighted by Gasteiger charge is 2.17. The lowest BCUT2D eigenvalue weighted by Gasteiger charge is -2.14. The molecule has 0 bridgehead atoms. The molecule has 0 saturated carbocycles. The third kappa shape index (κ3) is 3.29. The number of aromatic nitrogens is 3. The Balaban J connectivity index is 2.25. The van der Waals surface area contributed by atoms with Crippen LogP contribution in [0.4, 0.5) is 11.8 Å². The van der Waals surface area contributed by atoms with Crippen molar-refractivity contribution in [3.05, 3.63) is 52.8 Å². The highest BCUT2D eigenvalue weighted by atomic mass is 35.5. The van der Waals surface area contributed by atoms with E-state index in [1.807, 2.05) is 13.0 Å². The SMILES string of the molecule is CNC(=O)c1cc(-c2nc(N)nc(C)c2-c2ccc(N)nc2)ccc1Cl. The summed E-state index contributed by atoms with van der Waals surface area (Å²) in [7, 11) is 1.55. The maximum absolute atomic E-state index is 12.1. The molecular formula is C18H17ClN6O. The van der Waals surface area contributed by atoms with E-state index in [9.17, 15) is 4.79 Å². The van der Waals surface area contributed by atoms with Crippen molar-refractivity contribution in [1.29, 1.82) is 0 Å². The number of carbonyl (C=O) groups is 1. The van der Waals surface area contributed by atoms with Gasteiger partial charge >= 0.3 is 0 Å². The fraction of sp³-hybridized carbons (Fsp3) is 0.111. The van der Waals surface area contributed by atoms with E-state index >= 15 is 0 Å². The number of nitrogens with one attached hydrogen (secondary N) is 1.